The third-order valence-corrected chi connectivity index (χ3v) is 3.09. The van der Waals surface area contributed by atoms with Gasteiger partial charge in [0.15, 0.2) is 0 Å². The third kappa shape index (κ3) is 3.52. The molecule has 0 bridgehead atoms. The number of hydrogen-bond donors (Lipinski definition) is 1. The monoisotopic (exact) mass is 302 g/mol. The Balaban J connectivity index is 2.14. The van der Waals surface area contributed by atoms with Gasteiger partial charge < -0.3 is 14.5 Å². The molecular formula is C16H18N2O4. The number of ether oxygens (including phenoxy) is 2. The van der Waals surface area contributed by atoms with Crippen molar-refractivity contribution in [2.75, 3.05) is 7.11 Å². The summed E-state index contributed by atoms with van der Waals surface area (Å²) in [6.07, 6.45) is 0.117. The van der Waals surface area contributed by atoms with Crippen LogP contribution in [0.3, 0.4) is 0 Å². The van der Waals surface area contributed by atoms with Crippen LogP contribution >= 0.6 is 0 Å². The number of hydrogen-bond acceptors (Lipinski definition) is 5. The third-order valence-electron chi connectivity index (χ3n) is 3.09. The molecule has 6 nitrogen and oxygen atoms in total. The molecule has 1 heterocycles. The Morgan fingerprint density at radius 1 is 1.41 bits per heavy atom. The molecule has 0 fully saturated rings. The molecule has 2 aromatic rings. The maximum absolute atomic E-state index is 11.5. The maximum Gasteiger partial charge on any atom is 0.337 e. The molecule has 1 atom stereocenters. The molecule has 0 aliphatic rings. The molecule has 0 spiro atoms. The number of benzene rings is 1. The molecule has 6 heteroatoms. The van der Waals surface area contributed by atoms with Crippen LogP contribution in [0, 0.1) is 0 Å². The van der Waals surface area contributed by atoms with Crippen molar-refractivity contribution in [2.45, 2.75) is 26.4 Å². The highest BCUT2D eigenvalue weighted by atomic mass is 16.5. The molecule has 0 saturated heterocycles. The lowest BCUT2D eigenvalue weighted by atomic mass is 10.2. The Labute approximate surface area is 128 Å². The van der Waals surface area contributed by atoms with Crippen molar-refractivity contribution >= 4 is 23.0 Å². The predicted octanol–water partition coefficient (Wildman–Crippen LogP) is 2.40. The van der Waals surface area contributed by atoms with Gasteiger partial charge in [-0.2, -0.15) is 0 Å². The number of methoxy groups -OCH3 is 1. The second kappa shape index (κ2) is 6.43. The van der Waals surface area contributed by atoms with Crippen LogP contribution in [0.2, 0.25) is 0 Å². The van der Waals surface area contributed by atoms with E-state index in [-0.39, 0.29) is 6.10 Å². The van der Waals surface area contributed by atoms with E-state index in [2.05, 4.69) is 21.3 Å². The molecule has 0 saturated carbocycles. The number of carbonyl (C=O) groups excluding carboxylic acids is 2. The van der Waals surface area contributed by atoms with Gasteiger partial charge in [-0.1, -0.05) is 6.58 Å². The summed E-state index contributed by atoms with van der Waals surface area (Å²) in [6, 6.07) is 5.08. The van der Waals surface area contributed by atoms with E-state index in [1.165, 1.54) is 7.11 Å². The lowest BCUT2D eigenvalue weighted by molar-refractivity contribution is -0.143. The van der Waals surface area contributed by atoms with Crippen molar-refractivity contribution < 1.29 is 19.1 Å². The lowest BCUT2D eigenvalue weighted by Gasteiger charge is -2.11. The molecule has 1 aromatic carbocycles. The Morgan fingerprint density at radius 2 is 2.14 bits per heavy atom. The first-order valence-electron chi connectivity index (χ1n) is 6.84. The number of aromatic amines is 1. The van der Waals surface area contributed by atoms with Gasteiger partial charge in [0.1, 0.15) is 11.9 Å². The highest BCUT2D eigenvalue weighted by Gasteiger charge is 2.14. The first kappa shape index (κ1) is 15.8. The summed E-state index contributed by atoms with van der Waals surface area (Å²) in [4.78, 5) is 30.5. The van der Waals surface area contributed by atoms with E-state index in [1.807, 2.05) is 0 Å². The van der Waals surface area contributed by atoms with Gasteiger partial charge in [0.05, 0.1) is 23.7 Å². The van der Waals surface area contributed by atoms with Gasteiger partial charge in [-0.05, 0) is 32.0 Å². The van der Waals surface area contributed by atoms with Gasteiger partial charge in [-0.15, -0.1) is 0 Å². The number of imidazole rings is 1. The van der Waals surface area contributed by atoms with Gasteiger partial charge in [0.2, 0.25) is 0 Å². The standard InChI is InChI=1S/C16H18N2O4/c1-9(2)15(19)22-10(3)7-14-17-12-6-5-11(16(20)21-4)8-13(12)18-14/h5-6,8,10H,1,7H2,2-4H3,(H,17,18). The van der Waals surface area contributed by atoms with Crippen LogP contribution in [0.5, 0.6) is 0 Å². The number of aromatic nitrogens is 2. The van der Waals surface area contributed by atoms with E-state index in [4.69, 9.17) is 4.74 Å². The first-order valence-corrected chi connectivity index (χ1v) is 6.84. The Bertz CT molecular complexity index is 733. The fourth-order valence-electron chi connectivity index (χ4n) is 2.00. The smallest absolute Gasteiger partial charge is 0.337 e. The number of fused-ring (bicyclic) bond motifs is 1. The zero-order chi connectivity index (χ0) is 16.3. The number of rotatable bonds is 5. The second-order valence-corrected chi connectivity index (χ2v) is 5.11. The van der Waals surface area contributed by atoms with E-state index < -0.39 is 11.9 Å². The average molecular weight is 302 g/mol. The summed E-state index contributed by atoms with van der Waals surface area (Å²) in [7, 11) is 1.34. The minimum Gasteiger partial charge on any atom is -0.465 e. The molecule has 0 radical (unpaired) electrons. The largest absolute Gasteiger partial charge is 0.465 e. The topological polar surface area (TPSA) is 81.3 Å². The van der Waals surface area contributed by atoms with Gasteiger partial charge in [-0.3, -0.25) is 0 Å². The SMILES string of the molecule is C=C(C)C(=O)OC(C)Cc1nc2ccc(C(=O)OC)cc2[nH]1. The second-order valence-electron chi connectivity index (χ2n) is 5.11. The molecule has 116 valence electrons. The zero-order valence-electron chi connectivity index (χ0n) is 12.8. The molecule has 0 aliphatic carbocycles. The van der Waals surface area contributed by atoms with Crippen LogP contribution in [0.4, 0.5) is 0 Å². The molecule has 0 amide bonds. The molecular weight excluding hydrogens is 284 g/mol. The summed E-state index contributed by atoms with van der Waals surface area (Å²) in [5, 5.41) is 0. The first-order chi connectivity index (χ1) is 10.4. The normalized spacial score (nSPS) is 12.0. The van der Waals surface area contributed by atoms with Crippen molar-refractivity contribution in [2.24, 2.45) is 0 Å². The van der Waals surface area contributed by atoms with Crippen LogP contribution in [-0.4, -0.2) is 35.1 Å². The fourth-order valence-corrected chi connectivity index (χ4v) is 2.00. The fraction of sp³-hybridized carbons (Fsp3) is 0.312. The van der Waals surface area contributed by atoms with E-state index in [1.54, 1.807) is 32.0 Å². The minimum absolute atomic E-state index is 0.329. The number of carbonyl (C=O) groups is 2. The van der Waals surface area contributed by atoms with Crippen LogP contribution in [-0.2, 0) is 20.7 Å². The Morgan fingerprint density at radius 3 is 2.77 bits per heavy atom. The number of esters is 2. The summed E-state index contributed by atoms with van der Waals surface area (Å²) < 4.78 is 9.90. The summed E-state index contributed by atoms with van der Waals surface area (Å²) in [5.74, 6) is -0.141. The minimum atomic E-state index is -0.420. The molecule has 2 rings (SSSR count). The van der Waals surface area contributed by atoms with Crippen molar-refractivity contribution in [3.05, 3.63) is 41.7 Å². The molecule has 22 heavy (non-hydrogen) atoms. The van der Waals surface area contributed by atoms with E-state index in [9.17, 15) is 9.59 Å². The van der Waals surface area contributed by atoms with Crippen LogP contribution < -0.4 is 0 Å². The van der Waals surface area contributed by atoms with Crippen molar-refractivity contribution in [3.63, 3.8) is 0 Å². The summed E-state index contributed by atoms with van der Waals surface area (Å²) in [6.45, 7) is 6.93. The molecule has 1 aromatic heterocycles. The van der Waals surface area contributed by atoms with Crippen LogP contribution in [0.15, 0.2) is 30.4 Å². The average Bonchev–Trinajstić information content (AvgIpc) is 2.86. The summed E-state index contributed by atoms with van der Waals surface area (Å²) in [5.41, 5.74) is 2.28. The van der Waals surface area contributed by atoms with Crippen molar-refractivity contribution in [1.29, 1.82) is 0 Å². The predicted molar refractivity (Wildman–Crippen MR) is 81.5 cm³/mol. The van der Waals surface area contributed by atoms with Gasteiger partial charge in [-0.25, -0.2) is 14.6 Å². The number of H-pyrrole nitrogens is 1. The van der Waals surface area contributed by atoms with E-state index >= 15 is 0 Å². The molecule has 0 aliphatic heterocycles. The zero-order valence-corrected chi connectivity index (χ0v) is 12.8. The van der Waals surface area contributed by atoms with E-state index in [0.29, 0.717) is 23.4 Å². The number of nitrogens with one attached hydrogen (secondary N) is 1. The van der Waals surface area contributed by atoms with Crippen LogP contribution in [0.25, 0.3) is 11.0 Å². The molecule has 1 unspecified atom stereocenters. The van der Waals surface area contributed by atoms with Gasteiger partial charge in [0, 0.05) is 12.0 Å². The van der Waals surface area contributed by atoms with Crippen molar-refractivity contribution in [1.82, 2.24) is 9.97 Å². The van der Waals surface area contributed by atoms with E-state index in [0.717, 1.165) is 11.0 Å². The maximum atomic E-state index is 11.5. The lowest BCUT2D eigenvalue weighted by Crippen LogP contribution is -2.18. The number of nitrogens with zero attached hydrogens (tertiary/aromatic N) is 1. The highest BCUT2D eigenvalue weighted by Crippen LogP contribution is 2.16. The van der Waals surface area contributed by atoms with Gasteiger partial charge >= 0.3 is 11.9 Å². The van der Waals surface area contributed by atoms with Crippen LogP contribution in [0.1, 0.15) is 30.0 Å². The van der Waals surface area contributed by atoms with Gasteiger partial charge in [0.25, 0.3) is 0 Å². The quantitative estimate of drug-likeness (QED) is 0.677. The summed E-state index contributed by atoms with van der Waals surface area (Å²) >= 11 is 0. The molecule has 1 N–H and O–H groups in total. The highest BCUT2D eigenvalue weighted by molar-refractivity contribution is 5.93. The Hall–Kier alpha value is -2.63. The Kier molecular flexibility index (Phi) is 4.60. The van der Waals surface area contributed by atoms with Crippen molar-refractivity contribution in [3.8, 4) is 0 Å².